The Hall–Kier alpha value is -5.69. The Bertz CT molecular complexity index is 2920. The Kier molecular flexibility index (Phi) is 14.8. The number of H-pyrrole nitrogens is 4. The third kappa shape index (κ3) is 9.90. The van der Waals surface area contributed by atoms with Gasteiger partial charge < -0.3 is 35.6 Å². The molecular formula is C53H73AlN10O5. The number of hydrogen-bond acceptors (Lipinski definition) is 8. The molecule has 7 N–H and O–H groups in total. The molecule has 0 saturated carbocycles. The number of anilines is 2. The maximum atomic E-state index is 13.2. The maximum absolute atomic E-state index is 13.2. The minimum absolute atomic E-state index is 0.0344. The highest BCUT2D eigenvalue weighted by molar-refractivity contribution is 6.54. The minimum atomic E-state index is -0.702. The lowest BCUT2D eigenvalue weighted by Crippen LogP contribution is -2.44. The molecule has 0 unspecified atom stereocenters. The molecule has 368 valence electrons. The Labute approximate surface area is 410 Å². The zero-order valence-electron chi connectivity index (χ0n) is 43.3. The average molecular weight is 957 g/mol. The van der Waals surface area contributed by atoms with Crippen LogP contribution in [0.25, 0.3) is 44.6 Å². The van der Waals surface area contributed by atoms with Crippen LogP contribution in [0, 0.1) is 13.8 Å². The number of hydrogen-bond donors (Lipinski definition) is 6. The number of aromatic nitrogens is 6. The summed E-state index contributed by atoms with van der Waals surface area (Å²) < 4.78 is 5.11. The monoisotopic (exact) mass is 957 g/mol. The van der Waals surface area contributed by atoms with Gasteiger partial charge in [0.25, 0.3) is 14.1 Å². The van der Waals surface area contributed by atoms with Crippen molar-refractivity contribution in [1.29, 1.82) is 0 Å². The van der Waals surface area contributed by atoms with E-state index in [0.29, 0.717) is 12.6 Å². The number of carbonyl (C=O) groups is 4. The second-order valence-electron chi connectivity index (χ2n) is 21.4. The summed E-state index contributed by atoms with van der Waals surface area (Å²) in [6.45, 7) is 21.6. The largest absolute Gasteiger partial charge is 0.465 e. The molecule has 4 aliphatic rings. The van der Waals surface area contributed by atoms with E-state index in [0.717, 1.165) is 117 Å². The molecule has 2 aliphatic carbocycles. The number of benzene rings is 2. The number of esters is 1. The molecular weight excluding hydrogens is 884 g/mol. The molecule has 3 amide bonds. The van der Waals surface area contributed by atoms with E-state index >= 15 is 0 Å². The van der Waals surface area contributed by atoms with Crippen molar-refractivity contribution in [1.82, 2.24) is 35.7 Å². The van der Waals surface area contributed by atoms with Crippen LogP contribution in [0.3, 0.4) is 0 Å². The van der Waals surface area contributed by atoms with Gasteiger partial charge in [-0.15, -0.1) is 17.4 Å². The fourth-order valence-corrected chi connectivity index (χ4v) is 10.0. The van der Waals surface area contributed by atoms with Gasteiger partial charge in [0.1, 0.15) is 24.5 Å². The van der Waals surface area contributed by atoms with Gasteiger partial charge in [0.15, 0.2) is 0 Å². The molecule has 10 rings (SSSR count). The Morgan fingerprint density at radius 2 is 1.12 bits per heavy atom. The highest BCUT2D eigenvalue weighted by Crippen LogP contribution is 2.48. The topological polar surface area (TPSA) is 211 Å². The number of rotatable bonds is 6. The van der Waals surface area contributed by atoms with Crippen LogP contribution in [0.5, 0.6) is 0 Å². The van der Waals surface area contributed by atoms with E-state index in [-0.39, 0.29) is 57.0 Å². The average Bonchev–Trinajstić information content (AvgIpc) is 4.02. The third-order valence-corrected chi connectivity index (χ3v) is 13.2. The first-order chi connectivity index (χ1) is 32.5. The van der Waals surface area contributed by atoms with E-state index in [4.69, 9.17) is 10.5 Å². The molecule has 16 heteroatoms. The maximum Gasteiger partial charge on any atom is 0.326 e. The van der Waals surface area contributed by atoms with E-state index in [9.17, 15) is 19.2 Å². The molecule has 0 atom stereocenters. The summed E-state index contributed by atoms with van der Waals surface area (Å²) in [5, 5.41) is 20.5. The predicted octanol–water partition coefficient (Wildman–Crippen LogP) is 8.77. The first kappa shape index (κ1) is 51.2. The Morgan fingerprint density at radius 3 is 1.51 bits per heavy atom. The van der Waals surface area contributed by atoms with Crippen molar-refractivity contribution in [3.05, 3.63) is 69.0 Å². The highest BCUT2D eigenvalue weighted by Gasteiger charge is 2.46. The van der Waals surface area contributed by atoms with E-state index in [1.165, 1.54) is 22.3 Å². The van der Waals surface area contributed by atoms with E-state index in [1.807, 2.05) is 55.4 Å². The predicted molar refractivity (Wildman–Crippen MR) is 279 cm³/mol. The third-order valence-electron chi connectivity index (χ3n) is 13.2. The standard InChI is InChI=1S/C24H29N5O2.C23H26N4O3.C3H9N.3CH3.Al/c1-12(2)25-20(30)11-29-19-9-16-15-8-6-7-14-13(3)27-28-22(14)21(15)26-18(16)10-17(19)24(4,5)23(29)31;1-5-30-19(28)11-27-18-9-15-14-8-6-7-13-12(2)25-26-21(13)20(14)24-17(15)10-16(18)23(3,4)22(27)29;1-3(2)4;;;;/h9-10,12,26H,6-8,11H2,1-5H3,(H,25,30)(H,27,28);9-10,24H,5-8,11H2,1-4H3,(H,25,26);3H,4H2,1-2H3;3*1H3;. The van der Waals surface area contributed by atoms with Crippen LogP contribution in [-0.2, 0) is 60.4 Å². The number of carbonyl (C=O) groups excluding carboxylic acids is 4. The second kappa shape index (κ2) is 20.0. The number of amides is 3. The lowest BCUT2D eigenvalue weighted by atomic mass is 9.85. The molecule has 0 radical (unpaired) electrons. The number of nitrogens with zero attached hydrogens (tertiary/aromatic N) is 4. The summed E-state index contributed by atoms with van der Waals surface area (Å²) in [7, 11) is 0. The summed E-state index contributed by atoms with van der Waals surface area (Å²) in [5.41, 5.74) is 20.7. The minimum Gasteiger partial charge on any atom is -0.465 e. The zero-order chi connectivity index (χ0) is 50.4. The van der Waals surface area contributed by atoms with Gasteiger partial charge in [0.05, 0.1) is 28.8 Å². The van der Waals surface area contributed by atoms with Crippen molar-refractivity contribution >= 4 is 71.0 Å². The number of aryl methyl sites for hydroxylation is 4. The van der Waals surface area contributed by atoms with Gasteiger partial charge in [-0.3, -0.25) is 29.4 Å². The van der Waals surface area contributed by atoms with Crippen molar-refractivity contribution < 1.29 is 23.9 Å². The number of ether oxygens (including phenoxy) is 1. The van der Waals surface area contributed by atoms with Crippen molar-refractivity contribution in [3.63, 3.8) is 0 Å². The first-order valence-electron chi connectivity index (χ1n) is 24.8. The van der Waals surface area contributed by atoms with E-state index in [1.54, 1.807) is 16.7 Å². The van der Waals surface area contributed by atoms with Crippen LogP contribution in [0.1, 0.15) is 120 Å². The lowest BCUT2D eigenvalue weighted by molar-refractivity contribution is -0.142. The summed E-state index contributed by atoms with van der Waals surface area (Å²) in [6, 6.07) is 8.70. The smallest absolute Gasteiger partial charge is 0.326 e. The molecule has 2 aromatic carbocycles. The van der Waals surface area contributed by atoms with Crippen LogP contribution in [0.2, 0.25) is 17.4 Å². The molecule has 6 heterocycles. The van der Waals surface area contributed by atoms with Crippen LogP contribution < -0.4 is 20.9 Å². The van der Waals surface area contributed by atoms with Crippen LogP contribution in [0.15, 0.2) is 24.3 Å². The van der Waals surface area contributed by atoms with Crippen molar-refractivity contribution in [2.75, 3.05) is 29.5 Å². The quantitative estimate of drug-likeness (QED) is 0.0700. The normalized spacial score (nSPS) is 15.9. The molecule has 6 aromatic rings. The highest BCUT2D eigenvalue weighted by atomic mass is 27.2. The number of aromatic amines is 4. The lowest BCUT2D eigenvalue weighted by Gasteiger charge is -2.20. The first-order valence-corrected chi connectivity index (χ1v) is 28.2. The number of nitrogens with two attached hydrogens (primary N) is 1. The fourth-order valence-electron chi connectivity index (χ4n) is 10.0. The van der Waals surface area contributed by atoms with Crippen LogP contribution in [0.4, 0.5) is 11.4 Å². The number of nitrogens with one attached hydrogen (secondary N) is 5. The molecule has 4 aromatic heterocycles. The number of fused-ring (bicyclic) bond motifs is 12. The summed E-state index contributed by atoms with van der Waals surface area (Å²) in [5.74, 6) is 6.27. The van der Waals surface area contributed by atoms with Gasteiger partial charge in [-0.2, -0.15) is 10.2 Å². The summed E-state index contributed by atoms with van der Waals surface area (Å²) in [4.78, 5) is 61.4. The summed E-state index contributed by atoms with van der Waals surface area (Å²) in [6.07, 6.45) is 5.98. The van der Waals surface area contributed by atoms with Crippen LogP contribution in [-0.4, -0.2) is 100.0 Å². The molecule has 69 heavy (non-hydrogen) atoms. The van der Waals surface area contributed by atoms with Crippen LogP contribution >= 0.6 is 0 Å². The molecule has 0 fully saturated rings. The summed E-state index contributed by atoms with van der Waals surface area (Å²) >= 11 is -0.139. The van der Waals surface area contributed by atoms with Gasteiger partial charge in [-0.1, -0.05) is 13.8 Å². The van der Waals surface area contributed by atoms with Gasteiger partial charge in [0, 0.05) is 61.7 Å². The van der Waals surface area contributed by atoms with Gasteiger partial charge in [-0.05, 0) is 153 Å². The van der Waals surface area contributed by atoms with E-state index in [2.05, 4.69) is 91.1 Å². The second-order valence-corrected chi connectivity index (χ2v) is 24.8. The van der Waals surface area contributed by atoms with Crippen molar-refractivity contribution in [2.45, 2.75) is 155 Å². The van der Waals surface area contributed by atoms with Gasteiger partial charge >= 0.3 is 5.97 Å². The van der Waals surface area contributed by atoms with Crippen molar-refractivity contribution in [3.8, 4) is 22.8 Å². The van der Waals surface area contributed by atoms with Gasteiger partial charge in [0.2, 0.25) is 17.7 Å². The molecule has 2 aliphatic heterocycles. The molecule has 0 saturated heterocycles. The van der Waals surface area contributed by atoms with E-state index < -0.39 is 10.8 Å². The Balaban J connectivity index is 0.000000177. The van der Waals surface area contributed by atoms with Gasteiger partial charge in [-0.25, -0.2) is 0 Å². The fraction of sp³-hybridized carbons (Fsp3) is 0.509. The Morgan fingerprint density at radius 1 is 0.725 bits per heavy atom. The molecule has 15 nitrogen and oxygen atoms in total. The van der Waals surface area contributed by atoms with Crippen molar-refractivity contribution in [2.24, 2.45) is 5.73 Å². The molecule has 0 spiro atoms. The zero-order valence-corrected chi connectivity index (χ0v) is 44.5. The SMILES string of the molecule is CC(C)N.CCOC(=O)CN1C(=O)C(C)(C)c2cc3[nH]c4c(c3cc21)CCCc1c-4n[nH]c1C.Cc1[nH]nc2c1CCCc1c-2[nH]c2cc3c(cc12)N(CC(=O)NC(C)C)C(=O)C3(C)C.[CH3][Al]([CH3])[CH3]. The molecule has 0 bridgehead atoms.